The fourth-order valence-corrected chi connectivity index (χ4v) is 3.83. The molecule has 0 unspecified atom stereocenters. The molecule has 2 fully saturated rings. The molecule has 0 aromatic heterocycles. The van der Waals surface area contributed by atoms with Crippen molar-refractivity contribution >= 4 is 45.4 Å². The lowest BCUT2D eigenvalue weighted by atomic mass is 9.98. The largest absolute Gasteiger partial charge is 0.356 e. The second-order valence-corrected chi connectivity index (χ2v) is 8.00. The van der Waals surface area contributed by atoms with Gasteiger partial charge in [0.05, 0.1) is 0 Å². The van der Waals surface area contributed by atoms with Gasteiger partial charge in [-0.15, -0.1) is 0 Å². The van der Waals surface area contributed by atoms with Gasteiger partial charge in [0.25, 0.3) is 5.91 Å². The minimum Gasteiger partial charge on any atom is -0.356 e. The average molecular weight is 451 g/mol. The Kier molecular flexibility index (Phi) is 6.33. The molecule has 1 spiro atoms. The number of halogens is 1. The summed E-state index contributed by atoms with van der Waals surface area (Å²) < 4.78 is 0.918. The second kappa shape index (κ2) is 8.72. The highest BCUT2D eigenvalue weighted by molar-refractivity contribution is 9.10. The van der Waals surface area contributed by atoms with Gasteiger partial charge in [0.1, 0.15) is 5.54 Å². The van der Waals surface area contributed by atoms with Crippen LogP contribution in [0, 0.1) is 0 Å². The second-order valence-electron chi connectivity index (χ2n) is 7.08. The van der Waals surface area contributed by atoms with Gasteiger partial charge in [-0.05, 0) is 37.1 Å². The van der Waals surface area contributed by atoms with Crippen molar-refractivity contribution in [3.05, 3.63) is 28.7 Å². The van der Waals surface area contributed by atoms with Crippen LogP contribution >= 0.6 is 15.9 Å². The van der Waals surface area contributed by atoms with E-state index in [-0.39, 0.29) is 43.7 Å². The first-order valence-corrected chi connectivity index (χ1v) is 10.2. The molecule has 0 bridgehead atoms. The number of benzene rings is 1. The molecule has 5 amide bonds. The Bertz CT molecular complexity index is 775. The molecule has 1 aromatic carbocycles. The Morgan fingerprint density at radius 1 is 1.07 bits per heavy atom. The summed E-state index contributed by atoms with van der Waals surface area (Å²) in [6.45, 7) is 0.231. The number of imide groups is 1. The van der Waals surface area contributed by atoms with Gasteiger partial charge in [-0.25, -0.2) is 4.79 Å². The number of hydrogen-bond acceptors (Lipinski definition) is 4. The minimum atomic E-state index is -0.751. The Morgan fingerprint density at radius 2 is 1.75 bits per heavy atom. The van der Waals surface area contributed by atoms with E-state index in [1.165, 1.54) is 0 Å². The Labute approximate surface area is 171 Å². The molecule has 1 heterocycles. The predicted octanol–water partition coefficient (Wildman–Crippen LogP) is 2.15. The third-order valence-electron chi connectivity index (χ3n) is 5.07. The number of urea groups is 1. The first kappa shape index (κ1) is 20.3. The van der Waals surface area contributed by atoms with Crippen LogP contribution in [0.4, 0.5) is 10.5 Å². The lowest BCUT2D eigenvalue weighted by Crippen LogP contribution is -2.44. The normalized spacial score (nSPS) is 17.7. The zero-order valence-corrected chi connectivity index (χ0v) is 17.0. The topological polar surface area (TPSA) is 108 Å². The van der Waals surface area contributed by atoms with Crippen LogP contribution in [0.3, 0.4) is 0 Å². The van der Waals surface area contributed by atoms with Crippen molar-refractivity contribution < 1.29 is 19.2 Å². The van der Waals surface area contributed by atoms with Gasteiger partial charge >= 0.3 is 6.03 Å². The van der Waals surface area contributed by atoms with Crippen molar-refractivity contribution in [2.45, 2.75) is 44.1 Å². The molecular weight excluding hydrogens is 428 g/mol. The number of hydrogen-bond donors (Lipinski definition) is 3. The summed E-state index contributed by atoms with van der Waals surface area (Å²) in [4.78, 5) is 49.6. The van der Waals surface area contributed by atoms with Gasteiger partial charge in [-0.1, -0.05) is 28.8 Å². The van der Waals surface area contributed by atoms with E-state index in [1.807, 2.05) is 12.1 Å². The van der Waals surface area contributed by atoms with Crippen LogP contribution in [0.5, 0.6) is 0 Å². The summed E-state index contributed by atoms with van der Waals surface area (Å²) in [6, 6.07) is 6.77. The van der Waals surface area contributed by atoms with Gasteiger partial charge in [0.2, 0.25) is 11.8 Å². The van der Waals surface area contributed by atoms with Crippen molar-refractivity contribution in [2.24, 2.45) is 0 Å². The monoisotopic (exact) mass is 450 g/mol. The predicted molar refractivity (Wildman–Crippen MR) is 106 cm³/mol. The smallest absolute Gasteiger partial charge is 0.325 e. The summed E-state index contributed by atoms with van der Waals surface area (Å²) in [6.07, 6.45) is 3.31. The molecule has 2 aliphatic rings. The van der Waals surface area contributed by atoms with Crippen LogP contribution in [-0.4, -0.2) is 47.3 Å². The summed E-state index contributed by atoms with van der Waals surface area (Å²) in [7, 11) is 0. The van der Waals surface area contributed by atoms with E-state index in [2.05, 4.69) is 31.9 Å². The fourth-order valence-electron chi connectivity index (χ4n) is 3.57. The van der Waals surface area contributed by atoms with Crippen molar-refractivity contribution in [3.63, 3.8) is 0 Å². The molecule has 0 radical (unpaired) electrons. The molecule has 8 nitrogen and oxygen atoms in total. The summed E-state index contributed by atoms with van der Waals surface area (Å²) in [5.41, 5.74) is -0.0718. The first-order valence-electron chi connectivity index (χ1n) is 9.36. The maximum Gasteiger partial charge on any atom is 0.325 e. The molecule has 1 saturated heterocycles. The van der Waals surface area contributed by atoms with Gasteiger partial charge in [0.15, 0.2) is 0 Å². The van der Waals surface area contributed by atoms with Gasteiger partial charge < -0.3 is 16.0 Å². The first-order chi connectivity index (χ1) is 13.4. The Hall–Kier alpha value is -2.42. The van der Waals surface area contributed by atoms with Crippen molar-refractivity contribution in [3.8, 4) is 0 Å². The van der Waals surface area contributed by atoms with Crippen LogP contribution < -0.4 is 16.0 Å². The van der Waals surface area contributed by atoms with E-state index in [4.69, 9.17) is 0 Å². The fraction of sp³-hybridized carbons (Fsp3) is 0.474. The summed E-state index contributed by atoms with van der Waals surface area (Å²) in [5.74, 6) is -0.735. The minimum absolute atomic E-state index is 0.0174. The quantitative estimate of drug-likeness (QED) is 0.553. The summed E-state index contributed by atoms with van der Waals surface area (Å²) in [5, 5.41) is 8.18. The van der Waals surface area contributed by atoms with Crippen LogP contribution in [0.1, 0.15) is 38.5 Å². The molecule has 1 aromatic rings. The van der Waals surface area contributed by atoms with E-state index in [9.17, 15) is 19.2 Å². The molecule has 1 saturated carbocycles. The van der Waals surface area contributed by atoms with Gasteiger partial charge in [0, 0.05) is 36.1 Å². The van der Waals surface area contributed by atoms with Crippen molar-refractivity contribution in [1.29, 1.82) is 0 Å². The SMILES string of the molecule is O=C(CCN1C(=O)NC2(CCCC2)C1=O)NCCC(=O)Nc1ccc(Br)cc1. The van der Waals surface area contributed by atoms with Crippen molar-refractivity contribution in [1.82, 2.24) is 15.5 Å². The average Bonchev–Trinajstić information content (AvgIpc) is 3.21. The number of nitrogens with one attached hydrogen (secondary N) is 3. The Balaban J connectivity index is 1.36. The Morgan fingerprint density at radius 3 is 2.43 bits per heavy atom. The van der Waals surface area contributed by atoms with E-state index < -0.39 is 11.6 Å². The highest BCUT2D eigenvalue weighted by Gasteiger charge is 2.52. The van der Waals surface area contributed by atoms with E-state index in [0.29, 0.717) is 18.5 Å². The number of anilines is 1. The van der Waals surface area contributed by atoms with E-state index in [0.717, 1.165) is 22.2 Å². The molecule has 9 heteroatoms. The van der Waals surface area contributed by atoms with Crippen LogP contribution in [-0.2, 0) is 14.4 Å². The van der Waals surface area contributed by atoms with Gasteiger partial charge in [-0.3, -0.25) is 19.3 Å². The molecule has 150 valence electrons. The maximum atomic E-state index is 12.5. The molecule has 1 aliphatic carbocycles. The van der Waals surface area contributed by atoms with Crippen LogP contribution in [0.25, 0.3) is 0 Å². The zero-order chi connectivity index (χ0) is 20.1. The zero-order valence-electron chi connectivity index (χ0n) is 15.4. The maximum absolute atomic E-state index is 12.5. The number of nitrogens with zero attached hydrogens (tertiary/aromatic N) is 1. The highest BCUT2D eigenvalue weighted by Crippen LogP contribution is 2.34. The molecule has 1 aliphatic heterocycles. The standard InChI is InChI=1S/C19H23BrN4O4/c20-13-3-5-14(6-4-13)22-16(26)7-11-21-15(25)8-12-24-17(27)19(23-18(24)28)9-1-2-10-19/h3-6H,1-2,7-12H2,(H,21,25)(H,22,26)(H,23,28). The van der Waals surface area contributed by atoms with E-state index in [1.54, 1.807) is 12.1 Å². The molecular formula is C19H23BrN4O4. The molecule has 3 rings (SSSR count). The highest BCUT2D eigenvalue weighted by atomic mass is 79.9. The molecule has 0 atom stereocenters. The lowest BCUT2D eigenvalue weighted by Gasteiger charge is -2.19. The number of carbonyl (C=O) groups excluding carboxylic acids is 4. The number of rotatable bonds is 7. The lowest BCUT2D eigenvalue weighted by molar-refractivity contribution is -0.131. The summed E-state index contributed by atoms with van der Waals surface area (Å²) >= 11 is 3.32. The van der Waals surface area contributed by atoms with Gasteiger partial charge in [-0.2, -0.15) is 0 Å². The van der Waals surface area contributed by atoms with Crippen molar-refractivity contribution in [2.75, 3.05) is 18.4 Å². The third kappa shape index (κ3) is 4.70. The van der Waals surface area contributed by atoms with Crippen LogP contribution in [0.2, 0.25) is 0 Å². The van der Waals surface area contributed by atoms with Crippen LogP contribution in [0.15, 0.2) is 28.7 Å². The third-order valence-corrected chi connectivity index (χ3v) is 5.60. The number of carbonyl (C=O) groups is 4. The van der Waals surface area contributed by atoms with E-state index >= 15 is 0 Å². The molecule has 3 N–H and O–H groups in total. The number of amides is 5. The molecule has 28 heavy (non-hydrogen) atoms.